The van der Waals surface area contributed by atoms with Gasteiger partial charge < -0.3 is 5.32 Å². The molecule has 0 aliphatic heterocycles. The van der Waals surface area contributed by atoms with Crippen molar-refractivity contribution < 1.29 is 0 Å². The first kappa shape index (κ1) is 12.6. The Morgan fingerprint density at radius 1 is 1.29 bits per heavy atom. The zero-order chi connectivity index (χ0) is 12.4. The SMILES string of the molecule is Cc1nc(C)c(CNc2cc(Br)ccc2C)s1. The van der Waals surface area contributed by atoms with Crippen molar-refractivity contribution in [2.45, 2.75) is 27.3 Å². The second kappa shape index (κ2) is 5.19. The molecular formula is C13H15BrN2S. The summed E-state index contributed by atoms with van der Waals surface area (Å²) in [6.07, 6.45) is 0. The molecule has 0 bridgehead atoms. The van der Waals surface area contributed by atoms with Crippen LogP contribution in [0.3, 0.4) is 0 Å². The first-order valence-electron chi connectivity index (χ1n) is 5.49. The van der Waals surface area contributed by atoms with Crippen LogP contribution in [0.4, 0.5) is 5.69 Å². The van der Waals surface area contributed by atoms with Gasteiger partial charge in [0.2, 0.25) is 0 Å². The number of halogens is 1. The number of anilines is 1. The monoisotopic (exact) mass is 310 g/mol. The van der Waals surface area contributed by atoms with Crippen molar-refractivity contribution >= 4 is 33.0 Å². The second-order valence-electron chi connectivity index (χ2n) is 4.05. The number of hydrogen-bond donors (Lipinski definition) is 1. The van der Waals surface area contributed by atoms with E-state index in [0.717, 1.165) is 21.7 Å². The number of nitrogens with one attached hydrogen (secondary N) is 1. The second-order valence-corrected chi connectivity index (χ2v) is 6.26. The minimum absolute atomic E-state index is 0.842. The minimum atomic E-state index is 0.842. The van der Waals surface area contributed by atoms with Crippen LogP contribution in [0.5, 0.6) is 0 Å². The first-order valence-corrected chi connectivity index (χ1v) is 7.10. The van der Waals surface area contributed by atoms with Crippen molar-refractivity contribution in [1.82, 2.24) is 4.98 Å². The van der Waals surface area contributed by atoms with Gasteiger partial charge in [-0.25, -0.2) is 4.98 Å². The molecular weight excluding hydrogens is 296 g/mol. The van der Waals surface area contributed by atoms with E-state index in [-0.39, 0.29) is 0 Å². The molecule has 0 spiro atoms. The molecule has 0 saturated heterocycles. The predicted octanol–water partition coefficient (Wildman–Crippen LogP) is 4.44. The average molecular weight is 311 g/mol. The summed E-state index contributed by atoms with van der Waals surface area (Å²) in [5, 5.41) is 4.59. The molecule has 2 aromatic rings. The van der Waals surface area contributed by atoms with Crippen LogP contribution >= 0.6 is 27.3 Å². The summed E-state index contributed by atoms with van der Waals surface area (Å²) >= 11 is 5.25. The third-order valence-electron chi connectivity index (χ3n) is 2.64. The zero-order valence-corrected chi connectivity index (χ0v) is 12.6. The minimum Gasteiger partial charge on any atom is -0.380 e. The van der Waals surface area contributed by atoms with Crippen molar-refractivity contribution in [3.8, 4) is 0 Å². The summed E-state index contributed by atoms with van der Waals surface area (Å²) in [5.41, 5.74) is 3.56. The molecule has 17 heavy (non-hydrogen) atoms. The van der Waals surface area contributed by atoms with E-state index in [9.17, 15) is 0 Å². The Morgan fingerprint density at radius 3 is 2.71 bits per heavy atom. The van der Waals surface area contributed by atoms with Crippen molar-refractivity contribution in [3.05, 3.63) is 43.8 Å². The molecule has 90 valence electrons. The predicted molar refractivity (Wildman–Crippen MR) is 77.8 cm³/mol. The maximum atomic E-state index is 4.43. The largest absolute Gasteiger partial charge is 0.380 e. The quantitative estimate of drug-likeness (QED) is 0.906. The topological polar surface area (TPSA) is 24.9 Å². The lowest BCUT2D eigenvalue weighted by molar-refractivity contribution is 1.10. The number of hydrogen-bond acceptors (Lipinski definition) is 3. The standard InChI is InChI=1S/C13H15BrN2S/c1-8-4-5-11(14)6-12(8)15-7-13-9(2)16-10(3)17-13/h4-6,15H,7H2,1-3H3. The van der Waals surface area contributed by atoms with Crippen LogP contribution in [0.25, 0.3) is 0 Å². The molecule has 0 unspecified atom stereocenters. The van der Waals surface area contributed by atoms with Gasteiger partial charge in [-0.05, 0) is 38.5 Å². The van der Waals surface area contributed by atoms with Crippen LogP contribution in [0, 0.1) is 20.8 Å². The molecule has 1 heterocycles. The van der Waals surface area contributed by atoms with Crippen molar-refractivity contribution in [1.29, 1.82) is 0 Å². The van der Waals surface area contributed by atoms with E-state index in [1.807, 2.05) is 6.92 Å². The summed E-state index contributed by atoms with van der Waals surface area (Å²) in [4.78, 5) is 5.74. The molecule has 0 saturated carbocycles. The van der Waals surface area contributed by atoms with Gasteiger partial charge in [0.1, 0.15) is 0 Å². The van der Waals surface area contributed by atoms with Gasteiger partial charge in [-0.2, -0.15) is 0 Å². The van der Waals surface area contributed by atoms with Gasteiger partial charge in [0.05, 0.1) is 17.2 Å². The van der Waals surface area contributed by atoms with Crippen LogP contribution in [0.15, 0.2) is 22.7 Å². The fourth-order valence-electron chi connectivity index (χ4n) is 1.70. The van der Waals surface area contributed by atoms with E-state index in [1.165, 1.54) is 16.1 Å². The fraction of sp³-hybridized carbons (Fsp3) is 0.308. The Labute approximate surface area is 114 Å². The van der Waals surface area contributed by atoms with E-state index < -0.39 is 0 Å². The normalized spacial score (nSPS) is 10.6. The summed E-state index contributed by atoms with van der Waals surface area (Å²) in [6.45, 7) is 7.06. The summed E-state index contributed by atoms with van der Waals surface area (Å²) in [6, 6.07) is 6.28. The number of thiazole rings is 1. The Kier molecular flexibility index (Phi) is 3.84. The van der Waals surface area contributed by atoms with Gasteiger partial charge in [0.25, 0.3) is 0 Å². The van der Waals surface area contributed by atoms with E-state index in [1.54, 1.807) is 11.3 Å². The Bertz CT molecular complexity index is 534. The fourth-order valence-corrected chi connectivity index (χ4v) is 2.94. The van der Waals surface area contributed by atoms with Gasteiger partial charge in [-0.3, -0.25) is 0 Å². The number of rotatable bonds is 3. The summed E-state index contributed by atoms with van der Waals surface area (Å²) < 4.78 is 1.10. The van der Waals surface area contributed by atoms with E-state index in [4.69, 9.17) is 0 Å². The maximum Gasteiger partial charge on any atom is 0.0900 e. The molecule has 4 heteroatoms. The molecule has 0 aliphatic carbocycles. The van der Waals surface area contributed by atoms with Gasteiger partial charge in [-0.1, -0.05) is 22.0 Å². The third-order valence-corrected chi connectivity index (χ3v) is 4.20. The Morgan fingerprint density at radius 2 is 2.06 bits per heavy atom. The zero-order valence-electron chi connectivity index (χ0n) is 10.2. The van der Waals surface area contributed by atoms with E-state index >= 15 is 0 Å². The molecule has 2 nitrogen and oxygen atoms in total. The average Bonchev–Trinajstić information content (AvgIpc) is 2.59. The summed E-state index contributed by atoms with van der Waals surface area (Å²) in [7, 11) is 0. The van der Waals surface area contributed by atoms with Gasteiger partial charge >= 0.3 is 0 Å². The molecule has 1 aromatic heterocycles. The molecule has 2 rings (SSSR count). The molecule has 1 aromatic carbocycles. The van der Waals surface area contributed by atoms with Crippen molar-refractivity contribution in [3.63, 3.8) is 0 Å². The van der Waals surface area contributed by atoms with Crippen LogP contribution in [-0.4, -0.2) is 4.98 Å². The van der Waals surface area contributed by atoms with Gasteiger partial charge in [-0.15, -0.1) is 11.3 Å². The molecule has 0 radical (unpaired) electrons. The lowest BCUT2D eigenvalue weighted by Gasteiger charge is -2.09. The maximum absolute atomic E-state index is 4.43. The van der Waals surface area contributed by atoms with Crippen LogP contribution in [0.2, 0.25) is 0 Å². The van der Waals surface area contributed by atoms with Crippen molar-refractivity contribution in [2.75, 3.05) is 5.32 Å². The van der Waals surface area contributed by atoms with Crippen LogP contribution in [0.1, 0.15) is 21.1 Å². The number of aromatic nitrogens is 1. The van der Waals surface area contributed by atoms with Crippen LogP contribution < -0.4 is 5.32 Å². The molecule has 0 amide bonds. The third kappa shape index (κ3) is 3.07. The van der Waals surface area contributed by atoms with Gasteiger partial charge in [0, 0.05) is 15.0 Å². The highest BCUT2D eigenvalue weighted by Crippen LogP contribution is 2.23. The lowest BCUT2D eigenvalue weighted by Crippen LogP contribution is -2.00. The number of nitrogens with zero attached hydrogens (tertiary/aromatic N) is 1. The van der Waals surface area contributed by atoms with Gasteiger partial charge in [0.15, 0.2) is 0 Å². The Hall–Kier alpha value is -0.870. The molecule has 0 aliphatic rings. The van der Waals surface area contributed by atoms with E-state index in [2.05, 4.69) is 58.3 Å². The van der Waals surface area contributed by atoms with E-state index in [0.29, 0.717) is 0 Å². The molecule has 0 fully saturated rings. The first-order chi connectivity index (χ1) is 8.06. The highest BCUT2D eigenvalue weighted by atomic mass is 79.9. The molecule has 0 atom stereocenters. The lowest BCUT2D eigenvalue weighted by atomic mass is 10.2. The number of benzene rings is 1. The smallest absolute Gasteiger partial charge is 0.0900 e. The highest BCUT2D eigenvalue weighted by molar-refractivity contribution is 9.10. The Balaban J connectivity index is 2.12. The summed E-state index contributed by atoms with van der Waals surface area (Å²) in [5.74, 6) is 0. The van der Waals surface area contributed by atoms with Crippen molar-refractivity contribution in [2.24, 2.45) is 0 Å². The van der Waals surface area contributed by atoms with Crippen LogP contribution in [-0.2, 0) is 6.54 Å². The highest BCUT2D eigenvalue weighted by Gasteiger charge is 2.05. The molecule has 1 N–H and O–H groups in total. The number of aryl methyl sites for hydroxylation is 3.